The zero-order chi connectivity index (χ0) is 9.14. The SMILES string of the molecule is NC(CO)c1occc(=O)c1O. The van der Waals surface area contributed by atoms with Crippen LogP contribution in [-0.4, -0.2) is 16.8 Å². The average molecular weight is 171 g/mol. The van der Waals surface area contributed by atoms with Crippen molar-refractivity contribution in [3.05, 3.63) is 28.3 Å². The van der Waals surface area contributed by atoms with Crippen molar-refractivity contribution >= 4 is 0 Å². The summed E-state index contributed by atoms with van der Waals surface area (Å²) in [5, 5.41) is 17.7. The van der Waals surface area contributed by atoms with E-state index in [1.54, 1.807) is 0 Å². The highest BCUT2D eigenvalue weighted by atomic mass is 16.4. The summed E-state index contributed by atoms with van der Waals surface area (Å²) < 4.78 is 4.76. The highest BCUT2D eigenvalue weighted by Crippen LogP contribution is 2.16. The second kappa shape index (κ2) is 3.38. The summed E-state index contributed by atoms with van der Waals surface area (Å²) >= 11 is 0. The Hall–Kier alpha value is -1.33. The molecule has 1 aromatic heterocycles. The largest absolute Gasteiger partial charge is 0.502 e. The van der Waals surface area contributed by atoms with Crippen LogP contribution < -0.4 is 11.2 Å². The van der Waals surface area contributed by atoms with Crippen molar-refractivity contribution in [2.75, 3.05) is 6.61 Å². The zero-order valence-electron chi connectivity index (χ0n) is 6.23. The van der Waals surface area contributed by atoms with Crippen LogP contribution in [0.1, 0.15) is 11.8 Å². The molecule has 0 spiro atoms. The van der Waals surface area contributed by atoms with Crippen LogP contribution in [0.2, 0.25) is 0 Å². The molecule has 1 atom stereocenters. The van der Waals surface area contributed by atoms with Crippen molar-refractivity contribution in [2.24, 2.45) is 5.73 Å². The van der Waals surface area contributed by atoms with E-state index in [4.69, 9.17) is 20.4 Å². The highest BCUT2D eigenvalue weighted by molar-refractivity contribution is 5.24. The van der Waals surface area contributed by atoms with E-state index in [1.165, 1.54) is 0 Å². The summed E-state index contributed by atoms with van der Waals surface area (Å²) in [6.07, 6.45) is 1.12. The quantitative estimate of drug-likeness (QED) is 0.548. The van der Waals surface area contributed by atoms with Crippen molar-refractivity contribution in [2.45, 2.75) is 6.04 Å². The maximum absolute atomic E-state index is 10.8. The van der Waals surface area contributed by atoms with Gasteiger partial charge < -0.3 is 20.4 Å². The fourth-order valence-electron chi connectivity index (χ4n) is 0.771. The van der Waals surface area contributed by atoms with E-state index in [-0.39, 0.29) is 12.4 Å². The van der Waals surface area contributed by atoms with Crippen molar-refractivity contribution in [3.63, 3.8) is 0 Å². The third-order valence-electron chi connectivity index (χ3n) is 1.41. The van der Waals surface area contributed by atoms with Gasteiger partial charge in [-0.25, -0.2) is 0 Å². The van der Waals surface area contributed by atoms with Crippen LogP contribution in [0.15, 0.2) is 21.5 Å². The Kier molecular flexibility index (Phi) is 2.47. The Bertz CT molecular complexity index is 319. The summed E-state index contributed by atoms with van der Waals surface area (Å²) in [6.45, 7) is -0.388. The average Bonchev–Trinajstić information content (AvgIpc) is 2.08. The number of hydrogen-bond donors (Lipinski definition) is 3. The van der Waals surface area contributed by atoms with Gasteiger partial charge in [0.1, 0.15) is 0 Å². The van der Waals surface area contributed by atoms with E-state index in [2.05, 4.69) is 0 Å². The number of rotatable bonds is 2. The third kappa shape index (κ3) is 1.46. The van der Waals surface area contributed by atoms with E-state index < -0.39 is 17.2 Å². The lowest BCUT2D eigenvalue weighted by Gasteiger charge is -2.06. The molecular formula is C7H9NO4. The second-order valence-corrected chi connectivity index (χ2v) is 2.29. The first-order chi connectivity index (χ1) is 5.66. The normalized spacial score (nSPS) is 12.8. The lowest BCUT2D eigenvalue weighted by Crippen LogP contribution is -2.16. The molecule has 1 aromatic rings. The molecule has 0 aliphatic heterocycles. The Balaban J connectivity index is 3.16. The topological polar surface area (TPSA) is 96.7 Å². The Morgan fingerprint density at radius 1 is 1.67 bits per heavy atom. The predicted molar refractivity (Wildman–Crippen MR) is 40.7 cm³/mol. The predicted octanol–water partition coefficient (Wildman–Crippen LogP) is -0.663. The minimum absolute atomic E-state index is 0.0926. The number of hydrogen-bond acceptors (Lipinski definition) is 5. The molecule has 0 fully saturated rings. The van der Waals surface area contributed by atoms with Crippen LogP contribution in [0, 0.1) is 0 Å². The van der Waals surface area contributed by atoms with E-state index in [1.807, 2.05) is 0 Å². The summed E-state index contributed by atoms with van der Waals surface area (Å²) in [4.78, 5) is 10.8. The lowest BCUT2D eigenvalue weighted by atomic mass is 10.2. The molecule has 5 nitrogen and oxygen atoms in total. The molecule has 4 N–H and O–H groups in total. The van der Waals surface area contributed by atoms with Gasteiger partial charge in [0.25, 0.3) is 0 Å². The van der Waals surface area contributed by atoms with Gasteiger partial charge in [-0.2, -0.15) is 0 Å². The summed E-state index contributed by atoms with van der Waals surface area (Å²) in [7, 11) is 0. The van der Waals surface area contributed by atoms with Crippen LogP contribution >= 0.6 is 0 Å². The first-order valence-electron chi connectivity index (χ1n) is 3.34. The van der Waals surface area contributed by atoms with Crippen LogP contribution in [0.5, 0.6) is 5.75 Å². The van der Waals surface area contributed by atoms with Gasteiger partial charge in [0, 0.05) is 6.07 Å². The first kappa shape index (κ1) is 8.76. The molecule has 0 saturated heterocycles. The molecule has 5 heteroatoms. The maximum Gasteiger partial charge on any atom is 0.226 e. The van der Waals surface area contributed by atoms with Gasteiger partial charge in [-0.15, -0.1) is 0 Å². The van der Waals surface area contributed by atoms with Gasteiger partial charge in [-0.05, 0) is 0 Å². The minimum atomic E-state index is -0.862. The molecular weight excluding hydrogens is 162 g/mol. The van der Waals surface area contributed by atoms with Gasteiger partial charge in [-0.3, -0.25) is 4.79 Å². The highest BCUT2D eigenvalue weighted by Gasteiger charge is 2.14. The van der Waals surface area contributed by atoms with E-state index >= 15 is 0 Å². The third-order valence-corrected chi connectivity index (χ3v) is 1.41. The molecule has 0 aromatic carbocycles. The smallest absolute Gasteiger partial charge is 0.226 e. The Morgan fingerprint density at radius 3 is 2.92 bits per heavy atom. The number of aliphatic hydroxyl groups is 1. The van der Waals surface area contributed by atoms with E-state index in [9.17, 15) is 4.79 Å². The van der Waals surface area contributed by atoms with Gasteiger partial charge in [0.05, 0.1) is 18.9 Å². The van der Waals surface area contributed by atoms with Crippen molar-refractivity contribution in [1.82, 2.24) is 0 Å². The maximum atomic E-state index is 10.8. The Morgan fingerprint density at radius 2 is 2.33 bits per heavy atom. The molecule has 66 valence electrons. The van der Waals surface area contributed by atoms with Crippen molar-refractivity contribution in [1.29, 1.82) is 0 Å². The molecule has 1 rings (SSSR count). The first-order valence-corrected chi connectivity index (χ1v) is 3.34. The van der Waals surface area contributed by atoms with Crippen LogP contribution in [0.3, 0.4) is 0 Å². The molecule has 1 heterocycles. The van der Waals surface area contributed by atoms with Gasteiger partial charge >= 0.3 is 0 Å². The summed E-state index contributed by atoms with van der Waals surface area (Å²) in [6, 6.07) is 0.210. The number of aliphatic hydroxyl groups excluding tert-OH is 1. The fraction of sp³-hybridized carbons (Fsp3) is 0.286. The molecule has 0 aliphatic rings. The standard InChI is InChI=1S/C7H9NO4/c8-4(3-9)7-6(11)5(10)1-2-12-7/h1-2,4,9,11H,3,8H2. The van der Waals surface area contributed by atoms with Crippen LogP contribution in [0.25, 0.3) is 0 Å². The minimum Gasteiger partial charge on any atom is -0.502 e. The summed E-state index contributed by atoms with van der Waals surface area (Å²) in [5.41, 5.74) is 4.75. The summed E-state index contributed by atoms with van der Waals surface area (Å²) in [5.74, 6) is -0.635. The molecule has 0 saturated carbocycles. The van der Waals surface area contributed by atoms with Gasteiger partial charge in [0.15, 0.2) is 5.76 Å². The van der Waals surface area contributed by atoms with E-state index in [0.29, 0.717) is 0 Å². The number of aromatic hydroxyl groups is 1. The molecule has 0 radical (unpaired) electrons. The van der Waals surface area contributed by atoms with Crippen LogP contribution in [-0.2, 0) is 0 Å². The zero-order valence-corrected chi connectivity index (χ0v) is 6.23. The molecule has 0 amide bonds. The van der Waals surface area contributed by atoms with Crippen molar-refractivity contribution in [3.8, 4) is 5.75 Å². The molecule has 0 aliphatic carbocycles. The van der Waals surface area contributed by atoms with Crippen molar-refractivity contribution < 1.29 is 14.6 Å². The fourth-order valence-corrected chi connectivity index (χ4v) is 0.771. The molecule has 12 heavy (non-hydrogen) atoms. The Labute approximate surface area is 68.1 Å². The second-order valence-electron chi connectivity index (χ2n) is 2.29. The lowest BCUT2D eigenvalue weighted by molar-refractivity contribution is 0.243. The van der Waals surface area contributed by atoms with Gasteiger partial charge in [0.2, 0.25) is 11.2 Å². The number of nitrogens with two attached hydrogens (primary N) is 1. The molecule has 1 unspecified atom stereocenters. The van der Waals surface area contributed by atoms with Crippen LogP contribution in [0.4, 0.5) is 0 Å². The van der Waals surface area contributed by atoms with Gasteiger partial charge in [-0.1, -0.05) is 0 Å². The molecule has 0 bridgehead atoms. The van der Waals surface area contributed by atoms with E-state index in [0.717, 1.165) is 12.3 Å². The monoisotopic (exact) mass is 171 g/mol.